The summed E-state index contributed by atoms with van der Waals surface area (Å²) in [5, 5.41) is 13.9. The van der Waals surface area contributed by atoms with Crippen LogP contribution >= 0.6 is 0 Å². The lowest BCUT2D eigenvalue weighted by molar-refractivity contribution is 0.119. The Hall–Kier alpha value is -1.72. The van der Waals surface area contributed by atoms with Gasteiger partial charge in [0.15, 0.2) is 0 Å². The third-order valence-corrected chi connectivity index (χ3v) is 4.67. The quantitative estimate of drug-likeness (QED) is 0.941. The SMILES string of the molecule is Cc1ccccc1-c1noc(C(C)N2CCC(C(C)O)C2)n1. The summed E-state index contributed by atoms with van der Waals surface area (Å²) in [6.07, 6.45) is 0.753. The molecule has 22 heavy (non-hydrogen) atoms. The molecule has 3 unspecified atom stereocenters. The monoisotopic (exact) mass is 301 g/mol. The van der Waals surface area contributed by atoms with Crippen LogP contribution in [0.3, 0.4) is 0 Å². The number of benzene rings is 1. The number of likely N-dealkylation sites (tertiary alicyclic amines) is 1. The Kier molecular flexibility index (Phi) is 4.27. The zero-order valence-electron chi connectivity index (χ0n) is 13.4. The van der Waals surface area contributed by atoms with Crippen LogP contribution in [0.25, 0.3) is 11.4 Å². The molecule has 118 valence electrons. The maximum absolute atomic E-state index is 9.73. The molecule has 1 aliphatic heterocycles. The first-order valence-corrected chi connectivity index (χ1v) is 7.88. The highest BCUT2D eigenvalue weighted by atomic mass is 16.5. The number of aryl methyl sites for hydroxylation is 1. The number of aliphatic hydroxyl groups is 1. The molecule has 1 N–H and O–H groups in total. The average molecular weight is 301 g/mol. The lowest BCUT2D eigenvalue weighted by atomic mass is 10.0. The standard InChI is InChI=1S/C17H23N3O2/c1-11-6-4-5-7-15(11)16-18-17(22-19-16)12(2)20-9-8-14(10-20)13(3)21/h4-7,12-14,21H,8-10H2,1-3H3. The average Bonchev–Trinajstić information content (AvgIpc) is 3.17. The summed E-state index contributed by atoms with van der Waals surface area (Å²) >= 11 is 0. The summed E-state index contributed by atoms with van der Waals surface area (Å²) in [5.41, 5.74) is 2.14. The lowest BCUT2D eigenvalue weighted by Gasteiger charge is -2.21. The topological polar surface area (TPSA) is 62.4 Å². The Balaban J connectivity index is 1.75. The largest absolute Gasteiger partial charge is 0.393 e. The zero-order valence-corrected chi connectivity index (χ0v) is 13.4. The van der Waals surface area contributed by atoms with E-state index in [2.05, 4.69) is 22.0 Å². The fourth-order valence-corrected chi connectivity index (χ4v) is 3.06. The molecule has 0 radical (unpaired) electrons. The zero-order chi connectivity index (χ0) is 15.7. The second-order valence-corrected chi connectivity index (χ2v) is 6.23. The van der Waals surface area contributed by atoms with E-state index in [1.807, 2.05) is 38.1 Å². The molecule has 0 aliphatic carbocycles. The number of aliphatic hydroxyl groups excluding tert-OH is 1. The Bertz CT molecular complexity index is 638. The van der Waals surface area contributed by atoms with Gasteiger partial charge in [-0.15, -0.1) is 0 Å². The van der Waals surface area contributed by atoms with Crippen LogP contribution in [0.2, 0.25) is 0 Å². The van der Waals surface area contributed by atoms with Crippen molar-refractivity contribution in [2.24, 2.45) is 5.92 Å². The molecular weight excluding hydrogens is 278 g/mol. The van der Waals surface area contributed by atoms with Gasteiger partial charge in [0.25, 0.3) is 0 Å². The molecule has 0 spiro atoms. The van der Waals surface area contributed by atoms with Gasteiger partial charge >= 0.3 is 0 Å². The van der Waals surface area contributed by atoms with Crippen LogP contribution in [-0.4, -0.2) is 39.3 Å². The first-order chi connectivity index (χ1) is 10.6. The summed E-state index contributed by atoms with van der Waals surface area (Å²) in [6, 6.07) is 8.11. The lowest BCUT2D eigenvalue weighted by Crippen LogP contribution is -2.27. The molecule has 0 saturated carbocycles. The van der Waals surface area contributed by atoms with Crippen molar-refractivity contribution in [3.05, 3.63) is 35.7 Å². The van der Waals surface area contributed by atoms with E-state index in [9.17, 15) is 5.11 Å². The van der Waals surface area contributed by atoms with E-state index in [1.165, 1.54) is 0 Å². The number of hydrogen-bond donors (Lipinski definition) is 1. The number of aromatic nitrogens is 2. The maximum Gasteiger partial charge on any atom is 0.244 e. The number of hydrogen-bond acceptors (Lipinski definition) is 5. The van der Waals surface area contributed by atoms with Crippen LogP contribution in [0, 0.1) is 12.8 Å². The first-order valence-electron chi connectivity index (χ1n) is 7.88. The predicted molar refractivity (Wildman–Crippen MR) is 84.2 cm³/mol. The van der Waals surface area contributed by atoms with Gasteiger partial charge in [-0.25, -0.2) is 0 Å². The molecule has 1 saturated heterocycles. The van der Waals surface area contributed by atoms with Crippen molar-refractivity contribution < 1.29 is 9.63 Å². The van der Waals surface area contributed by atoms with Crippen LogP contribution in [-0.2, 0) is 0 Å². The van der Waals surface area contributed by atoms with Gasteiger partial charge in [-0.1, -0.05) is 29.4 Å². The van der Waals surface area contributed by atoms with Crippen molar-refractivity contribution in [1.82, 2.24) is 15.0 Å². The van der Waals surface area contributed by atoms with Crippen molar-refractivity contribution >= 4 is 0 Å². The predicted octanol–water partition coefficient (Wildman–Crippen LogP) is 2.81. The highest BCUT2D eigenvalue weighted by Gasteiger charge is 2.31. The Morgan fingerprint density at radius 3 is 2.77 bits per heavy atom. The third-order valence-electron chi connectivity index (χ3n) is 4.67. The van der Waals surface area contributed by atoms with E-state index in [0.717, 1.165) is 30.6 Å². The summed E-state index contributed by atoms with van der Waals surface area (Å²) in [4.78, 5) is 6.87. The molecule has 0 bridgehead atoms. The summed E-state index contributed by atoms with van der Waals surface area (Å²) in [5.74, 6) is 1.62. The van der Waals surface area contributed by atoms with Gasteiger partial charge in [0, 0.05) is 12.1 Å². The van der Waals surface area contributed by atoms with E-state index in [0.29, 0.717) is 17.6 Å². The minimum Gasteiger partial charge on any atom is -0.393 e. The van der Waals surface area contributed by atoms with Crippen LogP contribution in [0.1, 0.15) is 37.8 Å². The molecule has 1 fully saturated rings. The van der Waals surface area contributed by atoms with Crippen molar-refractivity contribution in [2.75, 3.05) is 13.1 Å². The minimum absolute atomic E-state index is 0.0778. The van der Waals surface area contributed by atoms with E-state index in [1.54, 1.807) is 0 Å². The van der Waals surface area contributed by atoms with Gasteiger partial charge in [0.05, 0.1) is 12.1 Å². The van der Waals surface area contributed by atoms with E-state index in [-0.39, 0.29) is 12.1 Å². The Labute approximate surface area is 131 Å². The molecule has 0 amide bonds. The smallest absolute Gasteiger partial charge is 0.244 e. The van der Waals surface area contributed by atoms with Gasteiger partial charge in [0.1, 0.15) is 0 Å². The molecule has 1 aliphatic rings. The van der Waals surface area contributed by atoms with E-state index >= 15 is 0 Å². The van der Waals surface area contributed by atoms with Crippen molar-refractivity contribution in [3.63, 3.8) is 0 Å². The van der Waals surface area contributed by atoms with Crippen LogP contribution < -0.4 is 0 Å². The second kappa shape index (κ2) is 6.18. The van der Waals surface area contributed by atoms with E-state index < -0.39 is 0 Å². The second-order valence-electron chi connectivity index (χ2n) is 6.23. The molecule has 1 aromatic heterocycles. The number of nitrogens with zero attached hydrogens (tertiary/aromatic N) is 3. The van der Waals surface area contributed by atoms with Crippen molar-refractivity contribution in [3.8, 4) is 11.4 Å². The molecule has 5 heteroatoms. The summed E-state index contributed by atoms with van der Waals surface area (Å²) in [6.45, 7) is 7.82. The fraction of sp³-hybridized carbons (Fsp3) is 0.529. The fourth-order valence-electron chi connectivity index (χ4n) is 3.06. The molecule has 5 nitrogen and oxygen atoms in total. The van der Waals surface area contributed by atoms with Crippen molar-refractivity contribution in [2.45, 2.75) is 39.3 Å². The van der Waals surface area contributed by atoms with Gasteiger partial charge in [-0.05, 0) is 45.2 Å². The highest BCUT2D eigenvalue weighted by molar-refractivity contribution is 5.58. The maximum atomic E-state index is 9.73. The van der Waals surface area contributed by atoms with E-state index in [4.69, 9.17) is 4.52 Å². The Morgan fingerprint density at radius 2 is 2.09 bits per heavy atom. The summed E-state index contributed by atoms with van der Waals surface area (Å²) in [7, 11) is 0. The summed E-state index contributed by atoms with van der Waals surface area (Å²) < 4.78 is 5.48. The first kappa shape index (κ1) is 15.2. The van der Waals surface area contributed by atoms with Crippen LogP contribution in [0.4, 0.5) is 0 Å². The van der Waals surface area contributed by atoms with Crippen LogP contribution in [0.5, 0.6) is 0 Å². The number of rotatable bonds is 4. The molecular formula is C17H23N3O2. The molecule has 2 aromatic rings. The molecule has 3 rings (SSSR count). The molecule has 1 aromatic carbocycles. The van der Waals surface area contributed by atoms with Gasteiger partial charge in [-0.2, -0.15) is 4.98 Å². The third kappa shape index (κ3) is 2.91. The van der Waals surface area contributed by atoms with Gasteiger partial charge < -0.3 is 9.63 Å². The normalized spacial score (nSPS) is 21.9. The Morgan fingerprint density at radius 1 is 1.32 bits per heavy atom. The highest BCUT2D eigenvalue weighted by Crippen LogP contribution is 2.29. The molecule has 3 atom stereocenters. The van der Waals surface area contributed by atoms with Crippen LogP contribution in [0.15, 0.2) is 28.8 Å². The molecule has 2 heterocycles. The van der Waals surface area contributed by atoms with Gasteiger partial charge in [0.2, 0.25) is 11.7 Å². The van der Waals surface area contributed by atoms with Crippen molar-refractivity contribution in [1.29, 1.82) is 0 Å². The van der Waals surface area contributed by atoms with Gasteiger partial charge in [-0.3, -0.25) is 4.90 Å². The minimum atomic E-state index is -0.262.